The number of rotatable bonds is 1. The van der Waals surface area contributed by atoms with Crippen LogP contribution in [0, 0.1) is 6.07 Å². The summed E-state index contributed by atoms with van der Waals surface area (Å²) in [5.74, 6) is 0. The molecule has 2 N–H and O–H groups in total. The maximum absolute atomic E-state index is 5.77. The molecule has 1 heterocycles. The first-order valence-corrected chi connectivity index (χ1v) is 3.22. The van der Waals surface area contributed by atoms with E-state index in [-0.39, 0.29) is 5.54 Å². The highest BCUT2D eigenvalue weighted by molar-refractivity contribution is 5.10. The van der Waals surface area contributed by atoms with Crippen LogP contribution in [-0.2, 0) is 5.54 Å². The highest BCUT2D eigenvalue weighted by atomic mass is 14.8. The van der Waals surface area contributed by atoms with E-state index in [9.17, 15) is 0 Å². The minimum Gasteiger partial charge on any atom is -0.321 e. The highest BCUT2D eigenvalue weighted by Gasteiger charge is 2.13. The molecule has 10 heavy (non-hydrogen) atoms. The summed E-state index contributed by atoms with van der Waals surface area (Å²) in [5.41, 5.74) is 6.30. The van der Waals surface area contributed by atoms with E-state index >= 15 is 0 Å². The first kappa shape index (κ1) is 7.22. The topological polar surface area (TPSA) is 38.9 Å². The van der Waals surface area contributed by atoms with E-state index in [1.807, 2.05) is 13.8 Å². The zero-order valence-electron chi connectivity index (χ0n) is 6.26. The van der Waals surface area contributed by atoms with Crippen molar-refractivity contribution >= 4 is 0 Å². The van der Waals surface area contributed by atoms with Crippen LogP contribution in [0.2, 0.25) is 0 Å². The second kappa shape index (κ2) is 2.39. The second-order valence-corrected chi connectivity index (χ2v) is 2.86. The monoisotopic (exact) mass is 135 g/mol. The fraction of sp³-hybridized carbons (Fsp3) is 0.375. The van der Waals surface area contributed by atoms with Crippen LogP contribution in [0.15, 0.2) is 18.3 Å². The molecule has 0 saturated carbocycles. The average Bonchev–Trinajstić information content (AvgIpc) is 1.88. The molecular weight excluding hydrogens is 124 g/mol. The molecule has 0 unspecified atom stereocenters. The van der Waals surface area contributed by atoms with Crippen LogP contribution in [0.4, 0.5) is 0 Å². The van der Waals surface area contributed by atoms with Crippen molar-refractivity contribution in [1.29, 1.82) is 0 Å². The Labute approximate surface area is 61.1 Å². The van der Waals surface area contributed by atoms with Crippen molar-refractivity contribution in [3.63, 3.8) is 0 Å². The van der Waals surface area contributed by atoms with E-state index in [0.29, 0.717) is 0 Å². The van der Waals surface area contributed by atoms with Crippen molar-refractivity contribution < 1.29 is 0 Å². The van der Waals surface area contributed by atoms with Gasteiger partial charge < -0.3 is 5.73 Å². The van der Waals surface area contributed by atoms with Crippen LogP contribution in [0.1, 0.15) is 19.5 Å². The van der Waals surface area contributed by atoms with Gasteiger partial charge in [-0.2, -0.15) is 0 Å². The van der Waals surface area contributed by atoms with Crippen molar-refractivity contribution in [3.05, 3.63) is 30.1 Å². The molecule has 1 rings (SSSR count). The molecule has 0 saturated heterocycles. The predicted molar refractivity (Wildman–Crippen MR) is 40.3 cm³/mol. The SMILES string of the molecule is CC(C)(N)c1c[c]ccn1. The van der Waals surface area contributed by atoms with Crippen molar-refractivity contribution in [1.82, 2.24) is 4.98 Å². The third-order valence-corrected chi connectivity index (χ3v) is 1.26. The lowest BCUT2D eigenvalue weighted by molar-refractivity contribution is 0.535. The average molecular weight is 135 g/mol. The van der Waals surface area contributed by atoms with Crippen LogP contribution in [0.5, 0.6) is 0 Å². The number of hydrogen-bond donors (Lipinski definition) is 1. The fourth-order valence-corrected chi connectivity index (χ4v) is 0.677. The first-order valence-electron chi connectivity index (χ1n) is 3.22. The summed E-state index contributed by atoms with van der Waals surface area (Å²) in [5, 5.41) is 0. The number of hydrogen-bond acceptors (Lipinski definition) is 2. The first-order chi connectivity index (χ1) is 4.61. The molecule has 1 aromatic rings. The summed E-state index contributed by atoms with van der Waals surface area (Å²) in [6.07, 6.45) is 1.70. The smallest absolute Gasteiger partial charge is 0.0602 e. The molecule has 1 radical (unpaired) electrons. The Morgan fingerprint density at radius 3 is 2.60 bits per heavy atom. The van der Waals surface area contributed by atoms with Crippen molar-refractivity contribution in [3.8, 4) is 0 Å². The zero-order chi connectivity index (χ0) is 7.61. The van der Waals surface area contributed by atoms with E-state index < -0.39 is 0 Å². The Hall–Kier alpha value is -0.890. The quantitative estimate of drug-likeness (QED) is 0.625. The molecule has 0 aliphatic carbocycles. The van der Waals surface area contributed by atoms with Gasteiger partial charge in [0, 0.05) is 6.20 Å². The Kier molecular flexibility index (Phi) is 1.72. The molecule has 0 aliphatic rings. The third kappa shape index (κ3) is 1.54. The van der Waals surface area contributed by atoms with E-state index in [0.717, 1.165) is 5.69 Å². The van der Waals surface area contributed by atoms with Gasteiger partial charge >= 0.3 is 0 Å². The minimum absolute atomic E-state index is 0.349. The summed E-state index contributed by atoms with van der Waals surface area (Å²) < 4.78 is 0. The molecule has 2 nitrogen and oxygen atoms in total. The molecule has 0 fully saturated rings. The maximum Gasteiger partial charge on any atom is 0.0602 e. The third-order valence-electron chi connectivity index (χ3n) is 1.26. The fourth-order valence-electron chi connectivity index (χ4n) is 0.677. The van der Waals surface area contributed by atoms with E-state index in [1.165, 1.54) is 0 Å². The normalized spacial score (nSPS) is 11.5. The lowest BCUT2D eigenvalue weighted by Crippen LogP contribution is -2.29. The molecule has 0 aliphatic heterocycles. The number of nitrogens with zero attached hydrogens (tertiary/aromatic N) is 1. The van der Waals surface area contributed by atoms with Crippen LogP contribution in [0.3, 0.4) is 0 Å². The zero-order valence-corrected chi connectivity index (χ0v) is 6.26. The number of pyridine rings is 1. The second-order valence-electron chi connectivity index (χ2n) is 2.86. The van der Waals surface area contributed by atoms with Crippen LogP contribution in [-0.4, -0.2) is 4.98 Å². The number of nitrogens with two attached hydrogens (primary N) is 1. The predicted octanol–water partition coefficient (Wildman–Crippen LogP) is 1.08. The molecule has 0 amide bonds. The molecule has 1 aromatic heterocycles. The van der Waals surface area contributed by atoms with Crippen LogP contribution in [0.25, 0.3) is 0 Å². The number of aromatic nitrogens is 1. The van der Waals surface area contributed by atoms with Gasteiger partial charge in [0.15, 0.2) is 0 Å². The molecule has 0 spiro atoms. The summed E-state index contributed by atoms with van der Waals surface area (Å²) in [6, 6.07) is 6.49. The van der Waals surface area contributed by atoms with Gasteiger partial charge in [0.2, 0.25) is 0 Å². The largest absolute Gasteiger partial charge is 0.321 e. The van der Waals surface area contributed by atoms with Gasteiger partial charge in [-0.3, -0.25) is 4.98 Å². The summed E-state index contributed by atoms with van der Waals surface area (Å²) in [6.45, 7) is 3.84. The van der Waals surface area contributed by atoms with Gasteiger partial charge in [-0.25, -0.2) is 0 Å². The molecular formula is C8H11N2. The molecule has 0 bridgehead atoms. The summed E-state index contributed by atoms with van der Waals surface area (Å²) in [7, 11) is 0. The van der Waals surface area contributed by atoms with Crippen molar-refractivity contribution in [2.45, 2.75) is 19.4 Å². The summed E-state index contributed by atoms with van der Waals surface area (Å²) >= 11 is 0. The molecule has 0 atom stereocenters. The van der Waals surface area contributed by atoms with E-state index in [2.05, 4.69) is 11.1 Å². The van der Waals surface area contributed by atoms with Crippen LogP contribution >= 0.6 is 0 Å². The Bertz CT molecular complexity index is 198. The molecule has 2 heteroatoms. The van der Waals surface area contributed by atoms with E-state index in [4.69, 9.17) is 5.73 Å². The Morgan fingerprint density at radius 1 is 1.60 bits per heavy atom. The maximum atomic E-state index is 5.77. The van der Waals surface area contributed by atoms with Crippen LogP contribution < -0.4 is 5.73 Å². The Balaban J connectivity index is 2.97. The van der Waals surface area contributed by atoms with Gasteiger partial charge in [-0.05, 0) is 32.0 Å². The van der Waals surface area contributed by atoms with Gasteiger partial charge in [0.25, 0.3) is 0 Å². The molecule has 53 valence electrons. The highest BCUT2D eigenvalue weighted by Crippen LogP contribution is 2.11. The molecule has 0 aromatic carbocycles. The standard InChI is InChI=1S/C8H11N2/c1-8(2,9)7-5-3-4-6-10-7/h4-6H,9H2,1-2H3. The summed E-state index contributed by atoms with van der Waals surface area (Å²) in [4.78, 5) is 4.09. The Morgan fingerprint density at radius 2 is 2.30 bits per heavy atom. The lowest BCUT2D eigenvalue weighted by Gasteiger charge is -2.16. The van der Waals surface area contributed by atoms with E-state index in [1.54, 1.807) is 18.3 Å². The van der Waals surface area contributed by atoms with Gasteiger partial charge in [-0.1, -0.05) is 0 Å². The van der Waals surface area contributed by atoms with Gasteiger partial charge in [0.05, 0.1) is 11.2 Å². The van der Waals surface area contributed by atoms with Gasteiger partial charge in [0.1, 0.15) is 0 Å². The van der Waals surface area contributed by atoms with Gasteiger partial charge in [-0.15, -0.1) is 0 Å². The van der Waals surface area contributed by atoms with Crippen molar-refractivity contribution in [2.24, 2.45) is 5.73 Å². The lowest BCUT2D eigenvalue weighted by atomic mass is 10.0. The minimum atomic E-state index is -0.349. The van der Waals surface area contributed by atoms with Crippen molar-refractivity contribution in [2.75, 3.05) is 0 Å².